The first-order valence-corrected chi connectivity index (χ1v) is 6.69. The summed E-state index contributed by atoms with van der Waals surface area (Å²) in [5, 5.41) is 14.3. The minimum Gasteiger partial charge on any atom is -0.455 e. The molecule has 6 nitrogen and oxygen atoms in total. The molecule has 2 aromatic heterocycles. The van der Waals surface area contributed by atoms with Crippen molar-refractivity contribution >= 4 is 11.0 Å². The molecular formula is C16H10N4O2. The molecule has 0 aliphatic carbocycles. The molecule has 1 N–H and O–H groups in total. The Labute approximate surface area is 124 Å². The van der Waals surface area contributed by atoms with Gasteiger partial charge in [-0.1, -0.05) is 42.5 Å². The lowest BCUT2D eigenvalue weighted by atomic mass is 10.0. The van der Waals surface area contributed by atoms with E-state index in [2.05, 4.69) is 20.6 Å². The number of hydrogen-bond donors (Lipinski definition) is 1. The number of rotatable bonds is 2. The molecule has 0 amide bonds. The topological polar surface area (TPSA) is 84.7 Å². The van der Waals surface area contributed by atoms with Gasteiger partial charge in [0.1, 0.15) is 16.9 Å². The van der Waals surface area contributed by atoms with Gasteiger partial charge >= 0.3 is 0 Å². The second kappa shape index (κ2) is 4.92. The number of nitrogens with zero attached hydrogens (tertiary/aromatic N) is 3. The Morgan fingerprint density at radius 3 is 2.50 bits per heavy atom. The lowest BCUT2D eigenvalue weighted by Crippen LogP contribution is -2.08. The van der Waals surface area contributed by atoms with Crippen LogP contribution in [-0.2, 0) is 0 Å². The number of H-pyrrole nitrogens is 1. The van der Waals surface area contributed by atoms with Gasteiger partial charge in [-0.25, -0.2) is 0 Å². The number of aromatic amines is 1. The largest absolute Gasteiger partial charge is 0.455 e. The van der Waals surface area contributed by atoms with Gasteiger partial charge in [0.25, 0.3) is 0 Å². The lowest BCUT2D eigenvalue weighted by molar-refractivity contribution is 0.620. The molecule has 6 heteroatoms. The van der Waals surface area contributed by atoms with E-state index in [-0.39, 0.29) is 11.3 Å². The number of aromatic nitrogens is 4. The van der Waals surface area contributed by atoms with Gasteiger partial charge in [-0.3, -0.25) is 4.79 Å². The molecule has 0 unspecified atom stereocenters. The first-order valence-electron chi connectivity index (χ1n) is 6.69. The summed E-state index contributed by atoms with van der Waals surface area (Å²) in [5.41, 5.74) is 1.43. The van der Waals surface area contributed by atoms with Gasteiger partial charge in [-0.05, 0) is 17.3 Å². The van der Waals surface area contributed by atoms with Crippen LogP contribution in [0.5, 0.6) is 0 Å². The molecule has 0 fully saturated rings. The predicted molar refractivity (Wildman–Crippen MR) is 81.1 cm³/mol. The van der Waals surface area contributed by atoms with Crippen molar-refractivity contribution in [1.29, 1.82) is 0 Å². The van der Waals surface area contributed by atoms with E-state index in [1.807, 2.05) is 36.4 Å². The smallest absolute Gasteiger partial charge is 0.212 e. The molecule has 2 heterocycles. The normalized spacial score (nSPS) is 10.9. The van der Waals surface area contributed by atoms with Gasteiger partial charge < -0.3 is 4.42 Å². The third kappa shape index (κ3) is 1.89. The predicted octanol–water partition coefficient (Wildman–Crippen LogP) is 2.64. The van der Waals surface area contributed by atoms with E-state index >= 15 is 0 Å². The summed E-state index contributed by atoms with van der Waals surface area (Å²) in [6.45, 7) is 0. The van der Waals surface area contributed by atoms with Gasteiger partial charge in [0.15, 0.2) is 0 Å². The van der Waals surface area contributed by atoms with Crippen LogP contribution < -0.4 is 5.43 Å². The number of para-hydroxylation sites is 1. The average Bonchev–Trinajstić information content (AvgIpc) is 3.10. The SMILES string of the molecule is O=c1c(-c2nn[nH]n2)c(-c2ccccc2)oc2ccccc12. The molecule has 4 rings (SSSR count). The summed E-state index contributed by atoms with van der Waals surface area (Å²) in [5.74, 6) is 0.657. The average molecular weight is 290 g/mol. The van der Waals surface area contributed by atoms with Crippen LogP contribution in [0.2, 0.25) is 0 Å². The number of tetrazole rings is 1. The molecule has 22 heavy (non-hydrogen) atoms. The molecule has 0 aliphatic rings. The Morgan fingerprint density at radius 1 is 0.955 bits per heavy atom. The van der Waals surface area contributed by atoms with E-state index in [9.17, 15) is 4.79 Å². The third-order valence-corrected chi connectivity index (χ3v) is 3.40. The minimum absolute atomic E-state index is 0.179. The van der Waals surface area contributed by atoms with Crippen molar-refractivity contribution in [3.63, 3.8) is 0 Å². The highest BCUT2D eigenvalue weighted by atomic mass is 16.3. The second-order valence-electron chi connectivity index (χ2n) is 4.73. The van der Waals surface area contributed by atoms with E-state index in [0.717, 1.165) is 5.56 Å². The molecule has 0 saturated heterocycles. The number of hydrogen-bond acceptors (Lipinski definition) is 5. The highest BCUT2D eigenvalue weighted by Gasteiger charge is 2.20. The van der Waals surface area contributed by atoms with Gasteiger partial charge in [0, 0.05) is 5.56 Å². The molecule has 0 aliphatic heterocycles. The Balaban J connectivity index is 2.14. The zero-order chi connectivity index (χ0) is 14.9. The van der Waals surface area contributed by atoms with Crippen LogP contribution in [0, 0.1) is 0 Å². The monoisotopic (exact) mass is 290 g/mol. The van der Waals surface area contributed by atoms with Crippen molar-refractivity contribution in [2.45, 2.75) is 0 Å². The Morgan fingerprint density at radius 2 is 1.73 bits per heavy atom. The summed E-state index contributed by atoms with van der Waals surface area (Å²) in [6.07, 6.45) is 0. The van der Waals surface area contributed by atoms with E-state index in [0.29, 0.717) is 22.3 Å². The molecule has 106 valence electrons. The number of nitrogens with one attached hydrogen (secondary N) is 1. The van der Waals surface area contributed by atoms with Gasteiger partial charge in [0.05, 0.1) is 5.39 Å². The Bertz CT molecular complexity index is 992. The van der Waals surface area contributed by atoms with Gasteiger partial charge in [0.2, 0.25) is 11.3 Å². The molecule has 4 aromatic rings. The van der Waals surface area contributed by atoms with Crippen LogP contribution in [0.25, 0.3) is 33.7 Å². The first-order chi connectivity index (χ1) is 10.8. The highest BCUT2D eigenvalue weighted by Crippen LogP contribution is 2.30. The molecule has 0 spiro atoms. The summed E-state index contributed by atoms with van der Waals surface area (Å²) < 4.78 is 5.96. The Hall–Kier alpha value is -3.28. The van der Waals surface area contributed by atoms with E-state index < -0.39 is 0 Å². The van der Waals surface area contributed by atoms with Crippen LogP contribution >= 0.6 is 0 Å². The summed E-state index contributed by atoms with van der Waals surface area (Å²) in [4.78, 5) is 12.8. The fraction of sp³-hybridized carbons (Fsp3) is 0. The van der Waals surface area contributed by atoms with Crippen molar-refractivity contribution in [3.05, 3.63) is 64.8 Å². The quantitative estimate of drug-likeness (QED) is 0.613. The summed E-state index contributed by atoms with van der Waals surface area (Å²) in [6, 6.07) is 16.5. The van der Waals surface area contributed by atoms with Crippen molar-refractivity contribution in [2.24, 2.45) is 0 Å². The fourth-order valence-electron chi connectivity index (χ4n) is 2.41. The van der Waals surface area contributed by atoms with Crippen LogP contribution in [0.1, 0.15) is 0 Å². The standard InChI is InChI=1S/C16H10N4O2/c21-14-11-8-4-5-9-12(11)22-15(10-6-2-1-3-7-10)13(14)16-17-19-20-18-16/h1-9H,(H,17,18,19,20). The lowest BCUT2D eigenvalue weighted by Gasteiger charge is -2.07. The molecule has 0 radical (unpaired) electrons. The van der Waals surface area contributed by atoms with Gasteiger partial charge in [-0.15, -0.1) is 10.2 Å². The molecule has 0 saturated carbocycles. The molecular weight excluding hydrogens is 280 g/mol. The van der Waals surface area contributed by atoms with E-state index in [1.165, 1.54) is 0 Å². The summed E-state index contributed by atoms with van der Waals surface area (Å²) >= 11 is 0. The van der Waals surface area contributed by atoms with Crippen LogP contribution in [0.15, 0.2) is 63.8 Å². The number of benzene rings is 2. The van der Waals surface area contributed by atoms with Crippen LogP contribution in [0.4, 0.5) is 0 Å². The third-order valence-electron chi connectivity index (χ3n) is 3.40. The minimum atomic E-state index is -0.179. The molecule has 0 bridgehead atoms. The maximum atomic E-state index is 12.8. The molecule has 2 aromatic carbocycles. The fourth-order valence-corrected chi connectivity index (χ4v) is 2.41. The van der Waals surface area contributed by atoms with Crippen molar-refractivity contribution in [3.8, 4) is 22.7 Å². The first kappa shape index (κ1) is 12.5. The zero-order valence-corrected chi connectivity index (χ0v) is 11.4. The zero-order valence-electron chi connectivity index (χ0n) is 11.4. The van der Waals surface area contributed by atoms with Crippen LogP contribution in [-0.4, -0.2) is 20.6 Å². The summed E-state index contributed by atoms with van der Waals surface area (Å²) in [7, 11) is 0. The highest BCUT2D eigenvalue weighted by molar-refractivity contribution is 5.87. The maximum absolute atomic E-state index is 12.8. The van der Waals surface area contributed by atoms with Crippen molar-refractivity contribution in [2.75, 3.05) is 0 Å². The van der Waals surface area contributed by atoms with E-state index in [4.69, 9.17) is 4.42 Å². The number of fused-ring (bicyclic) bond motifs is 1. The second-order valence-corrected chi connectivity index (χ2v) is 4.73. The van der Waals surface area contributed by atoms with Gasteiger partial charge in [-0.2, -0.15) is 5.21 Å². The molecule has 0 atom stereocenters. The van der Waals surface area contributed by atoms with E-state index in [1.54, 1.807) is 18.2 Å². The maximum Gasteiger partial charge on any atom is 0.212 e. The van der Waals surface area contributed by atoms with Crippen LogP contribution in [0.3, 0.4) is 0 Å². The van der Waals surface area contributed by atoms with Crippen molar-refractivity contribution < 1.29 is 4.42 Å². The van der Waals surface area contributed by atoms with Crippen molar-refractivity contribution in [1.82, 2.24) is 20.6 Å². The Kier molecular flexibility index (Phi) is 2.79.